The van der Waals surface area contributed by atoms with Crippen LogP contribution in [0.3, 0.4) is 0 Å². The third-order valence-electron chi connectivity index (χ3n) is 2.85. The van der Waals surface area contributed by atoms with Gasteiger partial charge in [0.15, 0.2) is 5.16 Å². The van der Waals surface area contributed by atoms with E-state index in [9.17, 15) is 4.79 Å². The van der Waals surface area contributed by atoms with E-state index < -0.39 is 0 Å². The molecule has 0 aliphatic rings. The highest BCUT2D eigenvalue weighted by atomic mass is 32.2. The maximum absolute atomic E-state index is 11.5. The van der Waals surface area contributed by atoms with E-state index in [-0.39, 0.29) is 5.56 Å². The van der Waals surface area contributed by atoms with Gasteiger partial charge in [-0.15, -0.1) is 0 Å². The molecule has 21 heavy (non-hydrogen) atoms. The van der Waals surface area contributed by atoms with Gasteiger partial charge in [0.25, 0.3) is 5.56 Å². The van der Waals surface area contributed by atoms with E-state index in [0.717, 1.165) is 35.2 Å². The second kappa shape index (κ2) is 6.71. The smallest absolute Gasteiger partial charge is 0.251 e. The Balaban J connectivity index is 2.42. The minimum absolute atomic E-state index is 0.153. The molecule has 112 valence electrons. The predicted octanol–water partition coefficient (Wildman–Crippen LogP) is 2.32. The third kappa shape index (κ3) is 3.81. The molecule has 0 amide bonds. The van der Waals surface area contributed by atoms with Gasteiger partial charge in [0, 0.05) is 30.3 Å². The second-order valence-electron chi connectivity index (χ2n) is 4.60. The standard InChI is InChI=1S/C14H19N5OS/c1-5-10-17-12(15-6-2)9(4)13(18-10)21-14-16-8(3)7-11(20)19-14/h7H,5-6H2,1-4H3,(H,15,17,18)(H,16,19,20). The molecule has 0 fully saturated rings. The maximum Gasteiger partial charge on any atom is 0.251 e. The Morgan fingerprint density at radius 2 is 2.00 bits per heavy atom. The van der Waals surface area contributed by atoms with Crippen LogP contribution < -0.4 is 10.9 Å². The van der Waals surface area contributed by atoms with Crippen LogP contribution in [-0.2, 0) is 6.42 Å². The molecule has 7 heteroatoms. The maximum atomic E-state index is 11.5. The zero-order valence-corrected chi connectivity index (χ0v) is 13.5. The number of nitrogens with one attached hydrogen (secondary N) is 2. The lowest BCUT2D eigenvalue weighted by molar-refractivity contribution is 0.859. The van der Waals surface area contributed by atoms with Crippen molar-refractivity contribution in [3.63, 3.8) is 0 Å². The van der Waals surface area contributed by atoms with E-state index in [4.69, 9.17) is 0 Å². The first-order valence-corrected chi connectivity index (χ1v) is 7.72. The van der Waals surface area contributed by atoms with Crippen LogP contribution in [-0.4, -0.2) is 26.5 Å². The highest BCUT2D eigenvalue weighted by molar-refractivity contribution is 7.99. The van der Waals surface area contributed by atoms with E-state index in [0.29, 0.717) is 10.9 Å². The number of anilines is 1. The quantitative estimate of drug-likeness (QED) is 0.651. The zero-order chi connectivity index (χ0) is 15.4. The lowest BCUT2D eigenvalue weighted by atomic mass is 10.3. The largest absolute Gasteiger partial charge is 0.370 e. The van der Waals surface area contributed by atoms with E-state index in [2.05, 4.69) is 25.3 Å². The molecule has 0 saturated carbocycles. The summed E-state index contributed by atoms with van der Waals surface area (Å²) in [5.41, 5.74) is 1.50. The molecule has 0 spiro atoms. The molecular formula is C14H19N5OS. The summed E-state index contributed by atoms with van der Waals surface area (Å²) in [6.07, 6.45) is 0.754. The van der Waals surface area contributed by atoms with Crippen molar-refractivity contribution >= 4 is 17.6 Å². The summed E-state index contributed by atoms with van der Waals surface area (Å²) in [4.78, 5) is 27.6. The first-order valence-electron chi connectivity index (χ1n) is 6.90. The minimum atomic E-state index is -0.153. The van der Waals surface area contributed by atoms with Gasteiger partial charge in [-0.3, -0.25) is 4.79 Å². The molecule has 0 aromatic carbocycles. The second-order valence-corrected chi connectivity index (χ2v) is 5.57. The fourth-order valence-corrected chi connectivity index (χ4v) is 2.75. The van der Waals surface area contributed by atoms with Crippen LogP contribution in [0.1, 0.15) is 30.9 Å². The monoisotopic (exact) mass is 305 g/mol. The molecule has 0 aliphatic carbocycles. The summed E-state index contributed by atoms with van der Waals surface area (Å²) in [6, 6.07) is 1.47. The van der Waals surface area contributed by atoms with Gasteiger partial charge in [-0.05, 0) is 32.5 Å². The molecule has 2 rings (SSSR count). The lowest BCUT2D eigenvalue weighted by Crippen LogP contribution is -2.10. The minimum Gasteiger partial charge on any atom is -0.370 e. The summed E-state index contributed by atoms with van der Waals surface area (Å²) < 4.78 is 0. The zero-order valence-electron chi connectivity index (χ0n) is 12.6. The number of aryl methyl sites for hydroxylation is 2. The average Bonchev–Trinajstić information content (AvgIpc) is 2.42. The highest BCUT2D eigenvalue weighted by Gasteiger charge is 2.12. The van der Waals surface area contributed by atoms with Gasteiger partial charge in [0.05, 0.1) is 0 Å². The van der Waals surface area contributed by atoms with Gasteiger partial charge in [0.2, 0.25) is 0 Å². The summed E-state index contributed by atoms with van der Waals surface area (Å²) >= 11 is 1.35. The third-order valence-corrected chi connectivity index (χ3v) is 3.83. The molecule has 2 aromatic heterocycles. The van der Waals surface area contributed by atoms with E-state index >= 15 is 0 Å². The van der Waals surface area contributed by atoms with Crippen molar-refractivity contribution in [3.8, 4) is 0 Å². The first-order chi connectivity index (χ1) is 10.0. The number of hydrogen-bond acceptors (Lipinski definition) is 6. The van der Waals surface area contributed by atoms with Gasteiger partial charge >= 0.3 is 0 Å². The van der Waals surface area contributed by atoms with Gasteiger partial charge < -0.3 is 10.3 Å². The Kier molecular flexibility index (Phi) is 4.95. The van der Waals surface area contributed by atoms with Crippen LogP contribution in [0.15, 0.2) is 21.0 Å². The number of nitrogens with zero attached hydrogens (tertiary/aromatic N) is 3. The van der Waals surface area contributed by atoms with Crippen molar-refractivity contribution in [2.24, 2.45) is 0 Å². The number of hydrogen-bond donors (Lipinski definition) is 2. The summed E-state index contributed by atoms with van der Waals surface area (Å²) in [5, 5.41) is 4.60. The van der Waals surface area contributed by atoms with E-state index in [1.54, 1.807) is 6.92 Å². The fraction of sp³-hybridized carbons (Fsp3) is 0.429. The fourth-order valence-electron chi connectivity index (χ4n) is 1.83. The molecule has 0 unspecified atom stereocenters. The van der Waals surface area contributed by atoms with Crippen molar-refractivity contribution in [3.05, 3.63) is 33.5 Å². The number of aromatic nitrogens is 4. The Morgan fingerprint density at radius 1 is 1.24 bits per heavy atom. The summed E-state index contributed by atoms with van der Waals surface area (Å²) in [6.45, 7) is 8.60. The van der Waals surface area contributed by atoms with Crippen LogP contribution in [0.4, 0.5) is 5.82 Å². The van der Waals surface area contributed by atoms with Crippen molar-refractivity contribution < 1.29 is 0 Å². The Labute approximate surface area is 127 Å². The lowest BCUT2D eigenvalue weighted by Gasteiger charge is -2.12. The number of rotatable bonds is 5. The number of H-pyrrole nitrogens is 1. The van der Waals surface area contributed by atoms with Crippen LogP contribution in [0.2, 0.25) is 0 Å². The molecule has 0 aliphatic heterocycles. The van der Waals surface area contributed by atoms with Crippen LogP contribution in [0.5, 0.6) is 0 Å². The molecule has 2 N–H and O–H groups in total. The normalized spacial score (nSPS) is 10.7. The van der Waals surface area contributed by atoms with Crippen LogP contribution in [0, 0.1) is 13.8 Å². The van der Waals surface area contributed by atoms with Gasteiger partial charge in [-0.1, -0.05) is 6.92 Å². The predicted molar refractivity (Wildman–Crippen MR) is 84.0 cm³/mol. The van der Waals surface area contributed by atoms with Crippen LogP contribution >= 0.6 is 11.8 Å². The van der Waals surface area contributed by atoms with Crippen molar-refractivity contribution in [2.45, 2.75) is 44.3 Å². The molecular weight excluding hydrogens is 286 g/mol. The molecule has 0 radical (unpaired) electrons. The summed E-state index contributed by atoms with van der Waals surface area (Å²) in [5.74, 6) is 1.61. The Morgan fingerprint density at radius 3 is 2.62 bits per heavy atom. The molecule has 0 atom stereocenters. The molecule has 0 bridgehead atoms. The van der Waals surface area contributed by atoms with Gasteiger partial charge in [0.1, 0.15) is 16.7 Å². The van der Waals surface area contributed by atoms with Crippen LogP contribution in [0.25, 0.3) is 0 Å². The van der Waals surface area contributed by atoms with Crippen molar-refractivity contribution in [1.82, 2.24) is 19.9 Å². The van der Waals surface area contributed by atoms with Crippen molar-refractivity contribution in [1.29, 1.82) is 0 Å². The van der Waals surface area contributed by atoms with Gasteiger partial charge in [-0.2, -0.15) is 0 Å². The van der Waals surface area contributed by atoms with E-state index in [1.165, 1.54) is 17.8 Å². The Hall–Kier alpha value is -1.89. The topological polar surface area (TPSA) is 83.6 Å². The molecule has 0 saturated heterocycles. The highest BCUT2D eigenvalue weighted by Crippen LogP contribution is 2.28. The average molecular weight is 305 g/mol. The molecule has 2 aromatic rings. The molecule has 2 heterocycles. The first kappa shape index (κ1) is 15.5. The van der Waals surface area contributed by atoms with Crippen molar-refractivity contribution in [2.75, 3.05) is 11.9 Å². The van der Waals surface area contributed by atoms with E-state index in [1.807, 2.05) is 20.8 Å². The Bertz CT molecular complexity index is 698. The van der Waals surface area contributed by atoms with Gasteiger partial charge in [-0.25, -0.2) is 15.0 Å². The molecule has 6 nitrogen and oxygen atoms in total. The SMILES string of the molecule is CCNc1nc(CC)nc(Sc2nc(C)cc(=O)[nH]2)c1C. The summed E-state index contributed by atoms with van der Waals surface area (Å²) in [7, 11) is 0. The number of aromatic amines is 1.